The Morgan fingerprint density at radius 2 is 1.68 bits per heavy atom. The van der Waals surface area contributed by atoms with Crippen molar-refractivity contribution in [2.75, 3.05) is 4.90 Å². The standard InChI is InChI=1S/C26H17F5N6O2S/c1-15-24(38)37(22-20(27)3-2-4-21(22)28)25(40-15)34-33-13-16-5-7-17(8-6-16)23-32-14-36(35-23)18-9-11-19(12-10-18)39-26(29,30)31/h2-15H,1H3/b33-13+,34-25-. The number of halogens is 5. The van der Waals surface area contributed by atoms with Gasteiger partial charge in [-0.05, 0) is 48.9 Å². The van der Waals surface area contributed by atoms with Gasteiger partial charge in [0.1, 0.15) is 29.4 Å². The number of thioether (sulfide) groups is 1. The number of anilines is 1. The zero-order valence-electron chi connectivity index (χ0n) is 20.4. The summed E-state index contributed by atoms with van der Waals surface area (Å²) in [7, 11) is 0. The van der Waals surface area contributed by atoms with Crippen LogP contribution in [0, 0.1) is 11.6 Å². The van der Waals surface area contributed by atoms with Crippen molar-refractivity contribution in [3.05, 3.63) is 90.3 Å². The van der Waals surface area contributed by atoms with E-state index in [4.69, 9.17) is 0 Å². The van der Waals surface area contributed by atoms with E-state index in [1.165, 1.54) is 47.6 Å². The predicted molar refractivity (Wildman–Crippen MR) is 139 cm³/mol. The van der Waals surface area contributed by atoms with Crippen LogP contribution in [0.3, 0.4) is 0 Å². The number of hydrogen-bond acceptors (Lipinski definition) is 7. The molecule has 204 valence electrons. The Hall–Kier alpha value is -4.59. The Bertz CT molecular complexity index is 1580. The molecule has 1 unspecified atom stereocenters. The minimum atomic E-state index is -4.78. The lowest BCUT2D eigenvalue weighted by Crippen LogP contribution is -2.32. The number of carbonyl (C=O) groups is 1. The van der Waals surface area contributed by atoms with Crippen LogP contribution in [0.1, 0.15) is 12.5 Å². The third-order valence-electron chi connectivity index (χ3n) is 5.55. The topological polar surface area (TPSA) is 85.0 Å². The van der Waals surface area contributed by atoms with Crippen LogP contribution in [0.4, 0.5) is 27.6 Å². The number of para-hydroxylation sites is 1. The molecule has 2 heterocycles. The van der Waals surface area contributed by atoms with Gasteiger partial charge in [0, 0.05) is 5.56 Å². The minimum absolute atomic E-state index is 0.0436. The summed E-state index contributed by atoms with van der Waals surface area (Å²) >= 11 is 1.04. The summed E-state index contributed by atoms with van der Waals surface area (Å²) in [6, 6.07) is 15.4. The van der Waals surface area contributed by atoms with E-state index >= 15 is 0 Å². The van der Waals surface area contributed by atoms with Crippen molar-refractivity contribution in [3.8, 4) is 22.8 Å². The van der Waals surface area contributed by atoms with Gasteiger partial charge in [0.15, 0.2) is 11.0 Å². The molecular formula is C26H17F5N6O2S. The van der Waals surface area contributed by atoms with E-state index < -0.39 is 34.8 Å². The molecule has 0 saturated carbocycles. The lowest BCUT2D eigenvalue weighted by atomic mass is 10.1. The Morgan fingerprint density at radius 1 is 1.00 bits per heavy atom. The van der Waals surface area contributed by atoms with Gasteiger partial charge >= 0.3 is 6.36 Å². The summed E-state index contributed by atoms with van der Waals surface area (Å²) in [5.74, 6) is -2.27. The second-order valence-electron chi connectivity index (χ2n) is 8.31. The van der Waals surface area contributed by atoms with Crippen molar-refractivity contribution in [3.63, 3.8) is 0 Å². The third-order valence-corrected chi connectivity index (χ3v) is 6.58. The fourth-order valence-electron chi connectivity index (χ4n) is 3.70. The van der Waals surface area contributed by atoms with Crippen molar-refractivity contribution in [2.45, 2.75) is 18.5 Å². The van der Waals surface area contributed by atoms with Gasteiger partial charge in [0.05, 0.1) is 17.2 Å². The van der Waals surface area contributed by atoms with Gasteiger partial charge in [-0.2, -0.15) is 5.10 Å². The van der Waals surface area contributed by atoms with Crippen LogP contribution in [0.15, 0.2) is 83.3 Å². The van der Waals surface area contributed by atoms with Gasteiger partial charge in [0.25, 0.3) is 0 Å². The van der Waals surface area contributed by atoms with Crippen molar-refractivity contribution in [1.29, 1.82) is 0 Å². The summed E-state index contributed by atoms with van der Waals surface area (Å²) < 4.78 is 71.0. The predicted octanol–water partition coefficient (Wildman–Crippen LogP) is 5.97. The molecule has 1 amide bonds. The quantitative estimate of drug-likeness (QED) is 0.162. The fourth-order valence-corrected chi connectivity index (χ4v) is 4.60. The molecule has 3 aromatic carbocycles. The van der Waals surface area contributed by atoms with E-state index in [2.05, 4.69) is 25.0 Å². The van der Waals surface area contributed by atoms with Crippen LogP contribution in [0.5, 0.6) is 5.75 Å². The van der Waals surface area contributed by atoms with Crippen molar-refractivity contribution in [1.82, 2.24) is 14.8 Å². The summed E-state index contributed by atoms with van der Waals surface area (Å²) in [5, 5.41) is 11.8. The zero-order chi connectivity index (χ0) is 28.4. The normalized spacial score (nSPS) is 16.9. The van der Waals surface area contributed by atoms with Gasteiger partial charge in [-0.3, -0.25) is 9.69 Å². The molecule has 8 nitrogen and oxygen atoms in total. The van der Waals surface area contributed by atoms with E-state index in [0.717, 1.165) is 28.8 Å². The Labute approximate surface area is 227 Å². The summed E-state index contributed by atoms with van der Waals surface area (Å²) in [6.07, 6.45) is -1.94. The first kappa shape index (κ1) is 27.0. The number of benzene rings is 3. The number of amides is 1. The highest BCUT2D eigenvalue weighted by Crippen LogP contribution is 2.35. The maximum absolute atomic E-state index is 14.3. The van der Waals surface area contributed by atoms with E-state index in [0.29, 0.717) is 22.6 Å². The maximum atomic E-state index is 14.3. The summed E-state index contributed by atoms with van der Waals surface area (Å²) in [6.45, 7) is 1.61. The molecule has 1 saturated heterocycles. The van der Waals surface area contributed by atoms with E-state index in [1.54, 1.807) is 31.2 Å². The first-order chi connectivity index (χ1) is 19.1. The Kier molecular flexibility index (Phi) is 7.34. The third kappa shape index (κ3) is 5.86. The molecule has 1 atom stereocenters. The van der Waals surface area contributed by atoms with E-state index in [1.807, 2.05) is 0 Å². The van der Waals surface area contributed by atoms with Gasteiger partial charge in [-0.15, -0.1) is 23.4 Å². The Balaban J connectivity index is 1.29. The number of aromatic nitrogens is 3. The smallest absolute Gasteiger partial charge is 0.406 e. The number of rotatable bonds is 6. The molecule has 1 aliphatic rings. The van der Waals surface area contributed by atoms with Gasteiger partial charge in [0.2, 0.25) is 5.91 Å². The second kappa shape index (κ2) is 10.9. The molecular weight excluding hydrogens is 555 g/mol. The summed E-state index contributed by atoms with van der Waals surface area (Å²) in [5.41, 5.74) is 1.28. The van der Waals surface area contributed by atoms with E-state index in [-0.39, 0.29) is 10.9 Å². The molecule has 1 fully saturated rings. The van der Waals surface area contributed by atoms with Crippen LogP contribution < -0.4 is 9.64 Å². The van der Waals surface area contributed by atoms with Gasteiger partial charge in [-0.25, -0.2) is 18.4 Å². The maximum Gasteiger partial charge on any atom is 0.573 e. The van der Waals surface area contributed by atoms with Crippen LogP contribution in [-0.2, 0) is 4.79 Å². The van der Waals surface area contributed by atoms with Gasteiger partial charge < -0.3 is 4.74 Å². The molecule has 0 N–H and O–H groups in total. The highest BCUT2D eigenvalue weighted by molar-refractivity contribution is 8.16. The highest BCUT2D eigenvalue weighted by Gasteiger charge is 2.39. The number of ether oxygens (including phenoxy) is 1. The lowest BCUT2D eigenvalue weighted by molar-refractivity contribution is -0.274. The first-order valence-electron chi connectivity index (χ1n) is 11.5. The minimum Gasteiger partial charge on any atom is -0.406 e. The molecule has 0 spiro atoms. The molecule has 0 aliphatic carbocycles. The number of amidine groups is 1. The van der Waals surface area contributed by atoms with Crippen LogP contribution in [0.25, 0.3) is 17.1 Å². The number of carbonyl (C=O) groups excluding carboxylic acids is 1. The van der Waals surface area contributed by atoms with Crippen molar-refractivity contribution in [2.24, 2.45) is 10.2 Å². The fraction of sp³-hybridized carbons (Fsp3) is 0.115. The SMILES string of the molecule is CC1S/C(=N\N=C\c2ccc(-c3ncn(-c4ccc(OC(F)(F)F)cc4)n3)cc2)N(c2c(F)cccc2F)C1=O. The molecule has 1 aliphatic heterocycles. The molecule has 4 aromatic rings. The molecule has 0 radical (unpaired) electrons. The number of alkyl halides is 3. The molecule has 1 aromatic heterocycles. The van der Waals surface area contributed by atoms with Crippen molar-refractivity contribution >= 4 is 34.7 Å². The Morgan fingerprint density at radius 3 is 2.33 bits per heavy atom. The van der Waals surface area contributed by atoms with Gasteiger partial charge in [-0.1, -0.05) is 42.1 Å². The zero-order valence-corrected chi connectivity index (χ0v) is 21.2. The highest BCUT2D eigenvalue weighted by atomic mass is 32.2. The van der Waals surface area contributed by atoms with Crippen molar-refractivity contribution < 1.29 is 31.5 Å². The average molecular weight is 573 g/mol. The molecule has 40 heavy (non-hydrogen) atoms. The van der Waals surface area contributed by atoms with Crippen LogP contribution in [0.2, 0.25) is 0 Å². The monoisotopic (exact) mass is 572 g/mol. The number of nitrogens with zero attached hydrogens (tertiary/aromatic N) is 6. The second-order valence-corrected chi connectivity index (χ2v) is 9.62. The molecule has 5 rings (SSSR count). The number of hydrogen-bond donors (Lipinski definition) is 0. The first-order valence-corrected chi connectivity index (χ1v) is 12.4. The van der Waals surface area contributed by atoms with Crippen LogP contribution in [-0.4, -0.2) is 43.7 Å². The largest absolute Gasteiger partial charge is 0.573 e. The molecule has 14 heteroatoms. The average Bonchev–Trinajstić information content (AvgIpc) is 3.50. The summed E-state index contributed by atoms with van der Waals surface area (Å²) in [4.78, 5) is 17.7. The lowest BCUT2D eigenvalue weighted by Gasteiger charge is -2.16. The van der Waals surface area contributed by atoms with E-state index in [9.17, 15) is 26.7 Å². The van der Waals surface area contributed by atoms with Crippen LogP contribution >= 0.6 is 11.8 Å². The molecule has 0 bridgehead atoms.